The van der Waals surface area contributed by atoms with Gasteiger partial charge in [0.15, 0.2) is 0 Å². The molecule has 2 aromatic heterocycles. The zero-order valence-corrected chi connectivity index (χ0v) is 15.6. The van der Waals surface area contributed by atoms with Crippen LogP contribution in [0.15, 0.2) is 79.0 Å². The molecule has 0 atom stereocenters. The van der Waals surface area contributed by atoms with Crippen LogP contribution >= 0.6 is 0 Å². The Morgan fingerprint density at radius 2 is 1.82 bits per heavy atom. The molecule has 3 heterocycles. The molecule has 0 N–H and O–H groups in total. The van der Waals surface area contributed by atoms with Gasteiger partial charge in [-0.1, -0.05) is 42.5 Å². The van der Waals surface area contributed by atoms with Crippen LogP contribution in [0, 0.1) is 5.82 Å². The van der Waals surface area contributed by atoms with Gasteiger partial charge in [0.25, 0.3) is 0 Å². The number of fused-ring (bicyclic) bond motifs is 3. The highest BCUT2D eigenvalue weighted by Crippen LogP contribution is 2.34. The third kappa shape index (κ3) is 2.69. The van der Waals surface area contributed by atoms with E-state index in [4.69, 9.17) is 4.98 Å². The fourth-order valence-electron chi connectivity index (χ4n) is 3.99. The largest absolute Gasteiger partial charge is 0.369 e. The molecule has 138 valence electrons. The van der Waals surface area contributed by atoms with E-state index in [1.54, 1.807) is 0 Å². The highest BCUT2D eigenvalue weighted by molar-refractivity contribution is 6.10. The number of hydrogen-bond donors (Lipinski definition) is 0. The summed E-state index contributed by atoms with van der Waals surface area (Å²) in [6.45, 7) is 1.53. The summed E-state index contributed by atoms with van der Waals surface area (Å²) in [6.07, 6.45) is 8.23. The Morgan fingerprint density at radius 3 is 2.64 bits per heavy atom. The van der Waals surface area contributed by atoms with Crippen molar-refractivity contribution in [3.05, 3.63) is 96.1 Å². The minimum Gasteiger partial charge on any atom is -0.369 e. The van der Waals surface area contributed by atoms with Gasteiger partial charge < -0.3 is 9.47 Å². The molecule has 0 spiro atoms. The molecule has 5 rings (SSSR count). The molecule has 0 amide bonds. The minimum absolute atomic E-state index is 0.214. The van der Waals surface area contributed by atoms with Crippen LogP contribution in [0.2, 0.25) is 0 Å². The number of aromatic nitrogens is 2. The van der Waals surface area contributed by atoms with E-state index in [2.05, 4.69) is 65.1 Å². The first-order valence-electron chi connectivity index (χ1n) is 9.41. The lowest BCUT2D eigenvalue weighted by Gasteiger charge is -2.24. The molecule has 0 bridgehead atoms. The average molecular weight is 369 g/mol. The van der Waals surface area contributed by atoms with E-state index in [1.807, 2.05) is 18.3 Å². The van der Waals surface area contributed by atoms with Gasteiger partial charge in [-0.15, -0.1) is 0 Å². The lowest BCUT2D eigenvalue weighted by Crippen LogP contribution is -2.20. The van der Waals surface area contributed by atoms with Gasteiger partial charge in [0, 0.05) is 42.6 Å². The Bertz CT molecular complexity index is 1230. The zero-order valence-electron chi connectivity index (χ0n) is 15.6. The second kappa shape index (κ2) is 6.64. The highest BCUT2D eigenvalue weighted by Gasteiger charge is 2.19. The van der Waals surface area contributed by atoms with E-state index in [-0.39, 0.29) is 5.82 Å². The number of hydrogen-bond acceptors (Lipinski definition) is 2. The lowest BCUT2D eigenvalue weighted by atomic mass is 10.1. The number of allylic oxidation sites excluding steroid dienone is 2. The van der Waals surface area contributed by atoms with E-state index in [0.717, 1.165) is 34.5 Å². The van der Waals surface area contributed by atoms with Crippen LogP contribution in [-0.2, 0) is 6.54 Å². The first kappa shape index (κ1) is 16.8. The first-order chi connectivity index (χ1) is 13.7. The van der Waals surface area contributed by atoms with Gasteiger partial charge in [-0.3, -0.25) is 4.98 Å². The minimum atomic E-state index is -0.214. The molecule has 0 saturated heterocycles. The summed E-state index contributed by atoms with van der Waals surface area (Å²) >= 11 is 0. The van der Waals surface area contributed by atoms with E-state index < -0.39 is 0 Å². The van der Waals surface area contributed by atoms with E-state index in [1.165, 1.54) is 22.9 Å². The molecule has 1 aliphatic rings. The van der Waals surface area contributed by atoms with Crippen LogP contribution in [-0.4, -0.2) is 28.0 Å². The predicted molar refractivity (Wildman–Crippen MR) is 112 cm³/mol. The topological polar surface area (TPSA) is 21.1 Å². The van der Waals surface area contributed by atoms with Crippen molar-refractivity contribution < 1.29 is 4.39 Å². The number of pyridine rings is 1. The van der Waals surface area contributed by atoms with Gasteiger partial charge in [-0.2, -0.15) is 0 Å². The fourth-order valence-corrected chi connectivity index (χ4v) is 3.99. The number of halogens is 1. The predicted octanol–water partition coefficient (Wildman–Crippen LogP) is 5.22. The molecule has 2 aromatic carbocycles. The summed E-state index contributed by atoms with van der Waals surface area (Å²) in [4.78, 5) is 6.98. The molecule has 4 heteroatoms. The molecule has 0 fully saturated rings. The van der Waals surface area contributed by atoms with Crippen LogP contribution in [0.3, 0.4) is 0 Å². The normalized spacial score (nSPS) is 14.1. The van der Waals surface area contributed by atoms with E-state index >= 15 is 0 Å². The third-order valence-electron chi connectivity index (χ3n) is 5.36. The summed E-state index contributed by atoms with van der Waals surface area (Å²) in [5.74, 6) is -0.214. The summed E-state index contributed by atoms with van der Waals surface area (Å²) in [7, 11) is 2.09. The van der Waals surface area contributed by atoms with Crippen molar-refractivity contribution in [3.8, 4) is 0 Å². The Labute approximate surface area is 163 Å². The Hall–Kier alpha value is -3.40. The van der Waals surface area contributed by atoms with E-state index in [9.17, 15) is 4.39 Å². The second-order valence-corrected chi connectivity index (χ2v) is 7.15. The number of para-hydroxylation sites is 1. The Morgan fingerprint density at radius 1 is 1.00 bits per heavy atom. The number of rotatable bonds is 3. The van der Waals surface area contributed by atoms with Gasteiger partial charge in [-0.25, -0.2) is 4.39 Å². The van der Waals surface area contributed by atoms with Crippen LogP contribution in [0.25, 0.3) is 27.5 Å². The summed E-state index contributed by atoms with van der Waals surface area (Å²) in [5.41, 5.74) is 5.41. The molecule has 28 heavy (non-hydrogen) atoms. The number of nitrogens with zero attached hydrogens (tertiary/aromatic N) is 3. The quantitative estimate of drug-likeness (QED) is 0.494. The maximum Gasteiger partial charge on any atom is 0.123 e. The number of benzene rings is 2. The SMILES string of the molecule is CN1CC=CC=C1c1nccc2c3ccccc3n(Cc3ccc(F)cc3)c12. The van der Waals surface area contributed by atoms with Crippen molar-refractivity contribution in [2.75, 3.05) is 13.6 Å². The molecular weight excluding hydrogens is 349 g/mol. The molecule has 4 aromatic rings. The Balaban J connectivity index is 1.80. The monoisotopic (exact) mass is 369 g/mol. The summed E-state index contributed by atoms with van der Waals surface area (Å²) in [5, 5.41) is 2.39. The van der Waals surface area contributed by atoms with Crippen LogP contribution in [0.1, 0.15) is 11.3 Å². The molecule has 0 unspecified atom stereocenters. The van der Waals surface area contributed by atoms with Gasteiger partial charge in [0.1, 0.15) is 11.5 Å². The van der Waals surface area contributed by atoms with Crippen LogP contribution in [0.4, 0.5) is 4.39 Å². The van der Waals surface area contributed by atoms with Gasteiger partial charge in [0.2, 0.25) is 0 Å². The van der Waals surface area contributed by atoms with Gasteiger partial charge in [0.05, 0.1) is 11.2 Å². The van der Waals surface area contributed by atoms with Gasteiger partial charge in [-0.05, 0) is 35.9 Å². The first-order valence-corrected chi connectivity index (χ1v) is 9.41. The van der Waals surface area contributed by atoms with Crippen molar-refractivity contribution >= 4 is 27.5 Å². The summed E-state index contributed by atoms with van der Waals surface area (Å²) in [6, 6.07) is 17.2. The maximum atomic E-state index is 13.4. The third-order valence-corrected chi connectivity index (χ3v) is 5.36. The van der Waals surface area contributed by atoms with Crippen molar-refractivity contribution in [3.63, 3.8) is 0 Å². The van der Waals surface area contributed by atoms with Crippen molar-refractivity contribution in [1.82, 2.24) is 14.5 Å². The summed E-state index contributed by atoms with van der Waals surface area (Å²) < 4.78 is 15.7. The molecular formula is C24H20FN3. The molecule has 0 saturated carbocycles. The zero-order chi connectivity index (χ0) is 19.1. The standard InChI is InChI=1S/C24H20FN3/c1-27-15-5-4-8-22(27)23-24-20(13-14-26-23)19-6-2-3-7-21(19)28(24)16-17-9-11-18(25)12-10-17/h2-14H,15-16H2,1H3. The van der Waals surface area contributed by atoms with Crippen molar-refractivity contribution in [1.29, 1.82) is 0 Å². The molecule has 0 radical (unpaired) electrons. The smallest absolute Gasteiger partial charge is 0.123 e. The van der Waals surface area contributed by atoms with Crippen LogP contribution in [0.5, 0.6) is 0 Å². The van der Waals surface area contributed by atoms with Crippen LogP contribution < -0.4 is 0 Å². The maximum absolute atomic E-state index is 13.4. The lowest BCUT2D eigenvalue weighted by molar-refractivity contribution is 0.529. The van der Waals surface area contributed by atoms with E-state index in [0.29, 0.717) is 6.54 Å². The van der Waals surface area contributed by atoms with Crippen molar-refractivity contribution in [2.45, 2.75) is 6.54 Å². The average Bonchev–Trinajstić information content (AvgIpc) is 3.04. The molecule has 3 nitrogen and oxygen atoms in total. The molecule has 1 aliphatic heterocycles. The van der Waals surface area contributed by atoms with Crippen molar-refractivity contribution in [2.24, 2.45) is 0 Å². The molecule has 0 aliphatic carbocycles. The highest BCUT2D eigenvalue weighted by atomic mass is 19.1. The second-order valence-electron chi connectivity index (χ2n) is 7.15. The fraction of sp³-hybridized carbons (Fsp3) is 0.125. The number of likely N-dealkylation sites (N-methyl/N-ethyl adjacent to an activating group) is 1. The van der Waals surface area contributed by atoms with Gasteiger partial charge >= 0.3 is 0 Å². The Kier molecular flexibility index (Phi) is 3.97.